The Bertz CT molecular complexity index is 820. The molecule has 0 aliphatic heterocycles. The predicted octanol–water partition coefficient (Wildman–Crippen LogP) is 3.47. The molecule has 0 spiro atoms. The highest BCUT2D eigenvalue weighted by Gasteiger charge is 2.16. The van der Waals surface area contributed by atoms with E-state index in [9.17, 15) is 4.39 Å². The lowest BCUT2D eigenvalue weighted by atomic mass is 10.1. The van der Waals surface area contributed by atoms with Crippen LogP contribution in [0.3, 0.4) is 0 Å². The standard InChI is InChI=1S/C13H8BrClFN5/c14-7-1-4-10(16)12(5-7)21-13(18-19-20-21)9-3-2-8(15)6-11(9)17/h1-6H,17H2. The summed E-state index contributed by atoms with van der Waals surface area (Å²) in [7, 11) is 0. The second-order valence-corrected chi connectivity index (χ2v) is 5.59. The lowest BCUT2D eigenvalue weighted by Gasteiger charge is -2.08. The van der Waals surface area contributed by atoms with Crippen LogP contribution < -0.4 is 5.73 Å². The Hall–Kier alpha value is -1.99. The van der Waals surface area contributed by atoms with E-state index in [1.54, 1.807) is 30.3 Å². The predicted molar refractivity (Wildman–Crippen MR) is 81.7 cm³/mol. The van der Waals surface area contributed by atoms with E-state index in [1.165, 1.54) is 10.7 Å². The van der Waals surface area contributed by atoms with Crippen molar-refractivity contribution < 1.29 is 4.39 Å². The van der Waals surface area contributed by atoms with E-state index in [0.717, 1.165) is 0 Å². The molecule has 0 aliphatic rings. The maximum absolute atomic E-state index is 14.0. The topological polar surface area (TPSA) is 69.6 Å². The monoisotopic (exact) mass is 367 g/mol. The van der Waals surface area contributed by atoms with Gasteiger partial charge in [-0.25, -0.2) is 4.39 Å². The smallest absolute Gasteiger partial charge is 0.189 e. The first kappa shape index (κ1) is 14.0. The van der Waals surface area contributed by atoms with Crippen molar-refractivity contribution in [3.63, 3.8) is 0 Å². The molecule has 3 aromatic rings. The average molecular weight is 369 g/mol. The fraction of sp³-hybridized carbons (Fsp3) is 0. The van der Waals surface area contributed by atoms with Crippen LogP contribution in [0, 0.1) is 5.82 Å². The summed E-state index contributed by atoms with van der Waals surface area (Å²) in [6.45, 7) is 0. The van der Waals surface area contributed by atoms with Crippen LogP contribution in [0.15, 0.2) is 40.9 Å². The molecule has 0 saturated carbocycles. The van der Waals surface area contributed by atoms with Crippen LogP contribution >= 0.6 is 27.5 Å². The molecule has 8 heteroatoms. The molecule has 106 valence electrons. The third-order valence-electron chi connectivity index (χ3n) is 2.86. The highest BCUT2D eigenvalue weighted by molar-refractivity contribution is 9.10. The molecule has 2 N–H and O–H groups in total. The zero-order valence-corrected chi connectivity index (χ0v) is 12.8. The van der Waals surface area contributed by atoms with Crippen LogP contribution in [-0.2, 0) is 0 Å². The molecule has 0 radical (unpaired) electrons. The number of tetrazole rings is 1. The maximum Gasteiger partial charge on any atom is 0.189 e. The molecule has 0 aliphatic carbocycles. The molecule has 0 fully saturated rings. The maximum atomic E-state index is 14.0. The fourth-order valence-corrected chi connectivity index (χ4v) is 2.43. The van der Waals surface area contributed by atoms with Crippen molar-refractivity contribution >= 4 is 33.2 Å². The van der Waals surface area contributed by atoms with E-state index in [4.69, 9.17) is 17.3 Å². The van der Waals surface area contributed by atoms with Gasteiger partial charge in [0, 0.05) is 20.7 Å². The van der Waals surface area contributed by atoms with Crippen LogP contribution in [0.25, 0.3) is 17.1 Å². The van der Waals surface area contributed by atoms with E-state index in [1.807, 2.05) is 0 Å². The van der Waals surface area contributed by atoms with Gasteiger partial charge in [-0.05, 0) is 46.8 Å². The summed E-state index contributed by atoms with van der Waals surface area (Å²) >= 11 is 9.17. The van der Waals surface area contributed by atoms with Gasteiger partial charge in [0.05, 0.1) is 0 Å². The summed E-state index contributed by atoms with van der Waals surface area (Å²) in [5.41, 5.74) is 7.14. The van der Waals surface area contributed by atoms with Crippen LogP contribution in [0.2, 0.25) is 5.02 Å². The van der Waals surface area contributed by atoms with Crippen molar-refractivity contribution in [1.82, 2.24) is 20.2 Å². The molecular weight excluding hydrogens is 361 g/mol. The molecular formula is C13H8BrClFN5. The number of hydrogen-bond donors (Lipinski definition) is 1. The zero-order valence-electron chi connectivity index (χ0n) is 10.5. The van der Waals surface area contributed by atoms with Gasteiger partial charge in [0.1, 0.15) is 11.5 Å². The highest BCUT2D eigenvalue weighted by atomic mass is 79.9. The number of aromatic nitrogens is 4. The highest BCUT2D eigenvalue weighted by Crippen LogP contribution is 2.29. The van der Waals surface area contributed by atoms with Gasteiger partial charge >= 0.3 is 0 Å². The van der Waals surface area contributed by atoms with Gasteiger partial charge in [0.25, 0.3) is 0 Å². The SMILES string of the molecule is Nc1cc(Cl)ccc1-c1nnnn1-c1cc(Br)ccc1F. The summed E-state index contributed by atoms with van der Waals surface area (Å²) < 4.78 is 16.0. The van der Waals surface area contributed by atoms with Gasteiger partial charge < -0.3 is 5.73 Å². The largest absolute Gasteiger partial charge is 0.398 e. The van der Waals surface area contributed by atoms with Crippen molar-refractivity contribution in [1.29, 1.82) is 0 Å². The third-order valence-corrected chi connectivity index (χ3v) is 3.59. The van der Waals surface area contributed by atoms with E-state index >= 15 is 0 Å². The second-order valence-electron chi connectivity index (χ2n) is 4.24. The lowest BCUT2D eigenvalue weighted by Crippen LogP contribution is -2.04. The molecule has 3 rings (SSSR count). The van der Waals surface area contributed by atoms with Crippen molar-refractivity contribution in [2.75, 3.05) is 5.73 Å². The van der Waals surface area contributed by atoms with E-state index < -0.39 is 5.82 Å². The van der Waals surface area contributed by atoms with Crippen LogP contribution in [0.1, 0.15) is 0 Å². The molecule has 2 aromatic carbocycles. The molecule has 5 nitrogen and oxygen atoms in total. The Balaban J connectivity index is 2.19. The Labute approximate surface area is 132 Å². The van der Waals surface area contributed by atoms with Crippen molar-refractivity contribution in [3.05, 3.63) is 51.7 Å². The van der Waals surface area contributed by atoms with Crippen molar-refractivity contribution in [2.24, 2.45) is 0 Å². The van der Waals surface area contributed by atoms with Gasteiger partial charge in [-0.1, -0.05) is 27.5 Å². The van der Waals surface area contributed by atoms with Gasteiger partial charge in [-0.15, -0.1) is 5.10 Å². The molecule has 0 atom stereocenters. The van der Waals surface area contributed by atoms with Crippen LogP contribution in [0.5, 0.6) is 0 Å². The number of anilines is 1. The number of hydrogen-bond acceptors (Lipinski definition) is 4. The lowest BCUT2D eigenvalue weighted by molar-refractivity contribution is 0.607. The van der Waals surface area contributed by atoms with Gasteiger partial charge in [-0.3, -0.25) is 0 Å². The number of halogens is 3. The molecule has 1 heterocycles. The minimum absolute atomic E-state index is 0.221. The zero-order chi connectivity index (χ0) is 15.0. The van der Waals surface area contributed by atoms with Crippen LogP contribution in [0.4, 0.5) is 10.1 Å². The minimum atomic E-state index is -0.445. The summed E-state index contributed by atoms with van der Waals surface area (Å²) in [5, 5.41) is 11.9. The first-order chi connectivity index (χ1) is 10.1. The number of nitrogens with zero attached hydrogens (tertiary/aromatic N) is 4. The average Bonchev–Trinajstić information content (AvgIpc) is 2.90. The van der Waals surface area contributed by atoms with Gasteiger partial charge in [0.2, 0.25) is 0 Å². The molecule has 0 bridgehead atoms. The first-order valence-corrected chi connectivity index (χ1v) is 7.02. The number of nitrogens with two attached hydrogens (primary N) is 1. The third kappa shape index (κ3) is 2.62. The quantitative estimate of drug-likeness (QED) is 0.703. The minimum Gasteiger partial charge on any atom is -0.398 e. The van der Waals surface area contributed by atoms with Crippen molar-refractivity contribution in [3.8, 4) is 17.1 Å². The molecule has 21 heavy (non-hydrogen) atoms. The van der Waals surface area contributed by atoms with Crippen molar-refractivity contribution in [2.45, 2.75) is 0 Å². The molecule has 0 unspecified atom stereocenters. The Kier molecular flexibility index (Phi) is 3.60. The normalized spacial score (nSPS) is 10.8. The van der Waals surface area contributed by atoms with E-state index in [0.29, 0.717) is 26.6 Å². The van der Waals surface area contributed by atoms with E-state index in [2.05, 4.69) is 31.5 Å². The van der Waals surface area contributed by atoms with E-state index in [-0.39, 0.29) is 5.69 Å². The number of nitrogen functional groups attached to an aromatic ring is 1. The molecule has 0 amide bonds. The Morgan fingerprint density at radius 2 is 2.00 bits per heavy atom. The van der Waals surface area contributed by atoms with Gasteiger partial charge in [-0.2, -0.15) is 4.68 Å². The molecule has 1 aromatic heterocycles. The summed E-state index contributed by atoms with van der Waals surface area (Å²) in [5.74, 6) is -0.111. The fourth-order valence-electron chi connectivity index (χ4n) is 1.90. The Morgan fingerprint density at radius 1 is 1.19 bits per heavy atom. The summed E-state index contributed by atoms with van der Waals surface area (Å²) in [6, 6.07) is 9.46. The summed E-state index contributed by atoms with van der Waals surface area (Å²) in [4.78, 5) is 0. The summed E-state index contributed by atoms with van der Waals surface area (Å²) in [6.07, 6.45) is 0. The first-order valence-electron chi connectivity index (χ1n) is 5.85. The number of rotatable bonds is 2. The van der Waals surface area contributed by atoms with Gasteiger partial charge in [0.15, 0.2) is 5.82 Å². The number of benzene rings is 2. The molecule has 0 saturated heterocycles. The Morgan fingerprint density at radius 3 is 2.76 bits per heavy atom. The van der Waals surface area contributed by atoms with Crippen LogP contribution in [-0.4, -0.2) is 20.2 Å². The second kappa shape index (κ2) is 5.42.